The molecule has 1 atom stereocenters. The molecule has 5 heteroatoms. The standard InChI is InChI=1S/C12H14FN3O/c1-16-7-15-6-11(16)12(14)9-4-3-8(17-2)5-10(9)13/h3-7,12H,14H2,1-2H3. The largest absolute Gasteiger partial charge is 0.497 e. The Balaban J connectivity index is 2.38. The highest BCUT2D eigenvalue weighted by Crippen LogP contribution is 2.24. The first-order valence-electron chi connectivity index (χ1n) is 5.18. The second-order valence-corrected chi connectivity index (χ2v) is 3.79. The average molecular weight is 235 g/mol. The summed E-state index contributed by atoms with van der Waals surface area (Å²) in [5, 5.41) is 0. The minimum absolute atomic E-state index is 0.377. The summed E-state index contributed by atoms with van der Waals surface area (Å²) >= 11 is 0. The molecule has 1 aromatic heterocycles. The van der Waals surface area contributed by atoms with Crippen molar-refractivity contribution in [3.05, 3.63) is 47.8 Å². The van der Waals surface area contributed by atoms with Crippen LogP contribution in [0.2, 0.25) is 0 Å². The van der Waals surface area contributed by atoms with Crippen molar-refractivity contribution in [3.8, 4) is 5.75 Å². The molecule has 17 heavy (non-hydrogen) atoms. The van der Waals surface area contributed by atoms with Crippen LogP contribution in [0.5, 0.6) is 5.75 Å². The summed E-state index contributed by atoms with van der Waals surface area (Å²) in [4.78, 5) is 3.97. The monoisotopic (exact) mass is 235 g/mol. The Bertz CT molecular complexity index is 524. The lowest BCUT2D eigenvalue weighted by atomic mass is 10.0. The number of nitrogens with two attached hydrogens (primary N) is 1. The third kappa shape index (κ3) is 2.14. The van der Waals surface area contributed by atoms with Gasteiger partial charge in [-0.1, -0.05) is 6.07 Å². The molecule has 0 fully saturated rings. The smallest absolute Gasteiger partial charge is 0.132 e. The lowest BCUT2D eigenvalue weighted by Crippen LogP contribution is -2.16. The van der Waals surface area contributed by atoms with Gasteiger partial charge in [-0.2, -0.15) is 0 Å². The van der Waals surface area contributed by atoms with Gasteiger partial charge >= 0.3 is 0 Å². The predicted molar refractivity (Wildman–Crippen MR) is 62.2 cm³/mol. The van der Waals surface area contributed by atoms with E-state index in [0.717, 1.165) is 5.69 Å². The summed E-state index contributed by atoms with van der Waals surface area (Å²) in [7, 11) is 3.32. The normalized spacial score (nSPS) is 12.5. The van der Waals surface area contributed by atoms with E-state index in [1.807, 2.05) is 7.05 Å². The Morgan fingerprint density at radius 1 is 1.47 bits per heavy atom. The third-order valence-corrected chi connectivity index (χ3v) is 2.72. The maximum atomic E-state index is 13.8. The number of halogens is 1. The van der Waals surface area contributed by atoms with Crippen LogP contribution in [-0.2, 0) is 7.05 Å². The van der Waals surface area contributed by atoms with E-state index in [-0.39, 0.29) is 5.82 Å². The van der Waals surface area contributed by atoms with Gasteiger partial charge in [-0.3, -0.25) is 0 Å². The molecule has 0 radical (unpaired) electrons. The zero-order valence-corrected chi connectivity index (χ0v) is 9.72. The molecule has 0 saturated heterocycles. The minimum atomic E-state index is -0.534. The molecule has 0 aliphatic rings. The Labute approximate surface area is 98.8 Å². The molecule has 0 aliphatic carbocycles. The van der Waals surface area contributed by atoms with Gasteiger partial charge in [0.2, 0.25) is 0 Å². The van der Waals surface area contributed by atoms with E-state index in [1.165, 1.54) is 13.2 Å². The lowest BCUT2D eigenvalue weighted by Gasteiger charge is -2.14. The first-order valence-corrected chi connectivity index (χ1v) is 5.18. The highest BCUT2D eigenvalue weighted by Gasteiger charge is 2.16. The molecule has 2 N–H and O–H groups in total. The summed E-state index contributed by atoms with van der Waals surface area (Å²) in [6.45, 7) is 0. The summed E-state index contributed by atoms with van der Waals surface area (Å²) < 4.78 is 20.5. The van der Waals surface area contributed by atoms with E-state index in [1.54, 1.807) is 29.2 Å². The van der Waals surface area contributed by atoms with Gasteiger partial charge in [0, 0.05) is 18.7 Å². The average Bonchev–Trinajstić information content (AvgIpc) is 2.74. The molecule has 1 unspecified atom stereocenters. The molecule has 0 spiro atoms. The molecule has 4 nitrogen and oxygen atoms in total. The van der Waals surface area contributed by atoms with E-state index < -0.39 is 6.04 Å². The van der Waals surface area contributed by atoms with Gasteiger partial charge in [-0.25, -0.2) is 9.37 Å². The topological polar surface area (TPSA) is 53.1 Å². The fourth-order valence-corrected chi connectivity index (χ4v) is 1.71. The van der Waals surface area contributed by atoms with Crippen LogP contribution in [0, 0.1) is 5.82 Å². The van der Waals surface area contributed by atoms with Crippen molar-refractivity contribution in [2.24, 2.45) is 12.8 Å². The summed E-state index contributed by atoms with van der Waals surface area (Å²) in [6.07, 6.45) is 3.27. The van der Waals surface area contributed by atoms with Crippen molar-refractivity contribution in [1.82, 2.24) is 9.55 Å². The van der Waals surface area contributed by atoms with Crippen molar-refractivity contribution in [3.63, 3.8) is 0 Å². The molecule has 90 valence electrons. The summed E-state index contributed by atoms with van der Waals surface area (Å²) in [5.74, 6) is 0.0986. The van der Waals surface area contributed by atoms with Crippen LogP contribution in [0.15, 0.2) is 30.7 Å². The predicted octanol–water partition coefficient (Wildman–Crippen LogP) is 1.62. The fraction of sp³-hybridized carbons (Fsp3) is 0.250. The number of rotatable bonds is 3. The van der Waals surface area contributed by atoms with Gasteiger partial charge in [0.05, 0.1) is 31.4 Å². The molecule has 2 aromatic rings. The number of nitrogens with zero attached hydrogens (tertiary/aromatic N) is 2. The zero-order valence-electron chi connectivity index (χ0n) is 9.72. The minimum Gasteiger partial charge on any atom is -0.497 e. The molecular weight excluding hydrogens is 221 g/mol. The third-order valence-electron chi connectivity index (χ3n) is 2.72. The second kappa shape index (κ2) is 4.55. The number of ether oxygens (including phenoxy) is 1. The van der Waals surface area contributed by atoms with E-state index >= 15 is 0 Å². The number of aryl methyl sites for hydroxylation is 1. The highest BCUT2D eigenvalue weighted by molar-refractivity contribution is 5.34. The summed E-state index contributed by atoms with van der Waals surface area (Å²) in [6, 6.07) is 4.11. The highest BCUT2D eigenvalue weighted by atomic mass is 19.1. The maximum Gasteiger partial charge on any atom is 0.132 e. The van der Waals surface area contributed by atoms with Crippen LogP contribution in [-0.4, -0.2) is 16.7 Å². The van der Waals surface area contributed by atoms with E-state index in [0.29, 0.717) is 11.3 Å². The Kier molecular flexibility index (Phi) is 3.10. The van der Waals surface area contributed by atoms with Crippen molar-refractivity contribution >= 4 is 0 Å². The molecule has 0 aliphatic heterocycles. The van der Waals surface area contributed by atoms with Crippen LogP contribution < -0.4 is 10.5 Å². The van der Waals surface area contributed by atoms with Gasteiger partial charge in [-0.15, -0.1) is 0 Å². The molecule has 0 amide bonds. The van der Waals surface area contributed by atoms with Gasteiger partial charge in [0.15, 0.2) is 0 Å². The van der Waals surface area contributed by atoms with E-state index in [2.05, 4.69) is 4.98 Å². The Morgan fingerprint density at radius 2 is 2.24 bits per heavy atom. The SMILES string of the molecule is COc1ccc(C(N)c2cncn2C)c(F)c1. The van der Waals surface area contributed by atoms with Crippen molar-refractivity contribution in [2.75, 3.05) is 7.11 Å². The molecule has 0 bridgehead atoms. The van der Waals surface area contributed by atoms with Crippen LogP contribution in [0.3, 0.4) is 0 Å². The van der Waals surface area contributed by atoms with Crippen molar-refractivity contribution < 1.29 is 9.13 Å². The summed E-state index contributed by atoms with van der Waals surface area (Å²) in [5.41, 5.74) is 7.20. The van der Waals surface area contributed by atoms with E-state index in [9.17, 15) is 4.39 Å². The van der Waals surface area contributed by atoms with Crippen LogP contribution in [0.1, 0.15) is 17.3 Å². The first kappa shape index (κ1) is 11.6. The van der Waals surface area contributed by atoms with Crippen LogP contribution in [0.4, 0.5) is 4.39 Å². The Hall–Kier alpha value is -1.88. The number of aromatic nitrogens is 2. The Morgan fingerprint density at radius 3 is 2.76 bits per heavy atom. The number of benzene rings is 1. The van der Waals surface area contributed by atoms with Gasteiger partial charge in [0.25, 0.3) is 0 Å². The molecule has 1 heterocycles. The van der Waals surface area contributed by atoms with Gasteiger partial charge in [-0.05, 0) is 6.07 Å². The fourth-order valence-electron chi connectivity index (χ4n) is 1.71. The number of hydrogen-bond acceptors (Lipinski definition) is 3. The van der Waals surface area contributed by atoms with Gasteiger partial charge in [0.1, 0.15) is 11.6 Å². The van der Waals surface area contributed by atoms with Gasteiger partial charge < -0.3 is 15.0 Å². The van der Waals surface area contributed by atoms with Crippen molar-refractivity contribution in [1.29, 1.82) is 0 Å². The quantitative estimate of drug-likeness (QED) is 0.879. The first-order chi connectivity index (χ1) is 8.13. The molecular formula is C12H14FN3O. The lowest BCUT2D eigenvalue weighted by molar-refractivity contribution is 0.410. The van der Waals surface area contributed by atoms with E-state index in [4.69, 9.17) is 10.5 Å². The van der Waals surface area contributed by atoms with Crippen molar-refractivity contribution in [2.45, 2.75) is 6.04 Å². The van der Waals surface area contributed by atoms with Crippen LogP contribution >= 0.6 is 0 Å². The number of hydrogen-bond donors (Lipinski definition) is 1. The zero-order chi connectivity index (χ0) is 12.4. The maximum absolute atomic E-state index is 13.8. The molecule has 1 aromatic carbocycles. The number of imidazole rings is 1. The van der Waals surface area contributed by atoms with Crippen LogP contribution in [0.25, 0.3) is 0 Å². The second-order valence-electron chi connectivity index (χ2n) is 3.79. The number of methoxy groups -OCH3 is 1. The molecule has 2 rings (SSSR count). The molecule has 0 saturated carbocycles.